The van der Waals surface area contributed by atoms with Gasteiger partial charge in [-0.15, -0.1) is 0 Å². The molecule has 0 N–H and O–H groups in total. The first-order valence-corrected chi connectivity index (χ1v) is 9.35. The molecule has 2 saturated heterocycles. The molecule has 5 rings (SSSR count). The number of hydrogen-bond donors (Lipinski definition) is 0. The molecule has 0 aromatic heterocycles. The third-order valence-corrected chi connectivity index (χ3v) is 7.01. The Morgan fingerprint density at radius 1 is 1.35 bits per heavy atom. The maximum absolute atomic E-state index is 13.1. The normalized spacial score (nSPS) is 38.7. The molecule has 3 heterocycles. The van der Waals surface area contributed by atoms with E-state index in [-0.39, 0.29) is 30.1 Å². The number of carbonyl (C=O) groups is 1. The van der Waals surface area contributed by atoms with Crippen LogP contribution < -0.4 is 0 Å². The van der Waals surface area contributed by atoms with Gasteiger partial charge in [-0.3, -0.25) is 14.7 Å². The van der Waals surface area contributed by atoms with Gasteiger partial charge in [0, 0.05) is 25.8 Å². The van der Waals surface area contributed by atoms with Gasteiger partial charge >= 0.3 is 5.97 Å². The fourth-order valence-electron chi connectivity index (χ4n) is 6.00. The molecular weight excluding hydrogens is 328 g/mol. The summed E-state index contributed by atoms with van der Waals surface area (Å²) >= 11 is 0. The molecule has 0 spiro atoms. The van der Waals surface area contributed by atoms with E-state index >= 15 is 0 Å². The number of esters is 1. The highest BCUT2D eigenvalue weighted by Gasteiger charge is 2.67. The quantitative estimate of drug-likeness (QED) is 0.607. The number of piperidine rings is 2. The lowest BCUT2D eigenvalue weighted by atomic mass is 9.50. The minimum atomic E-state index is -0.414. The lowest BCUT2D eigenvalue weighted by Crippen LogP contribution is -2.71. The molecule has 1 aliphatic carbocycles. The Labute approximate surface area is 153 Å². The highest BCUT2D eigenvalue weighted by atomic mass is 16.5. The van der Waals surface area contributed by atoms with Crippen molar-refractivity contribution in [1.82, 2.24) is 4.90 Å². The fourth-order valence-corrected chi connectivity index (χ4v) is 6.00. The summed E-state index contributed by atoms with van der Waals surface area (Å²) in [5.41, 5.74) is 4.22. The number of hydrogen-bond acceptors (Lipinski definition) is 5. The number of methoxy groups -OCH3 is 2. The van der Waals surface area contributed by atoms with Gasteiger partial charge in [-0.25, -0.2) is 0 Å². The second-order valence-corrected chi connectivity index (χ2v) is 7.77. The first-order valence-electron chi connectivity index (χ1n) is 9.35. The Bertz CT molecular complexity index is 845. The van der Waals surface area contributed by atoms with Crippen LogP contribution in [0.4, 0.5) is 5.69 Å². The van der Waals surface area contributed by atoms with E-state index in [1.54, 1.807) is 7.11 Å². The molecule has 3 bridgehead atoms. The maximum Gasteiger partial charge on any atom is 0.310 e. The number of carbonyl (C=O) groups excluding carboxylic acids is 1. The van der Waals surface area contributed by atoms with Crippen LogP contribution in [0.3, 0.4) is 0 Å². The highest BCUT2D eigenvalue weighted by Crippen LogP contribution is 2.61. The van der Waals surface area contributed by atoms with Crippen molar-refractivity contribution >= 4 is 17.4 Å². The van der Waals surface area contributed by atoms with E-state index in [1.165, 1.54) is 18.2 Å². The summed E-state index contributed by atoms with van der Waals surface area (Å²) in [5, 5.41) is 0. The van der Waals surface area contributed by atoms with Crippen molar-refractivity contribution in [1.29, 1.82) is 0 Å². The van der Waals surface area contributed by atoms with Crippen LogP contribution in [0, 0.1) is 11.8 Å². The summed E-state index contributed by atoms with van der Waals surface area (Å²) in [5.74, 6) is -0.156. The zero-order valence-corrected chi connectivity index (χ0v) is 15.4. The smallest absolute Gasteiger partial charge is 0.310 e. The molecular formula is C21H24N2O3. The van der Waals surface area contributed by atoms with Gasteiger partial charge in [0.15, 0.2) is 0 Å². The lowest BCUT2D eigenvalue weighted by molar-refractivity contribution is -0.158. The van der Waals surface area contributed by atoms with Crippen LogP contribution >= 0.6 is 0 Å². The first kappa shape index (κ1) is 16.2. The molecule has 26 heavy (non-hydrogen) atoms. The van der Waals surface area contributed by atoms with Crippen molar-refractivity contribution in [2.24, 2.45) is 16.8 Å². The fraction of sp³-hybridized carbons (Fsp3) is 0.524. The average molecular weight is 352 g/mol. The minimum Gasteiger partial charge on any atom is -0.469 e. The highest BCUT2D eigenvalue weighted by molar-refractivity contribution is 6.09. The van der Waals surface area contributed by atoms with Crippen LogP contribution in [-0.2, 0) is 19.7 Å². The third-order valence-electron chi connectivity index (χ3n) is 7.01. The topological polar surface area (TPSA) is 51.1 Å². The standard InChI is InChI=1S/C21H24N2O3/c1-4-12-11-23-16-9-13(12)18(20(24)26-3)21(10-17(23)25-2)14-7-5-6-8-15(14)22-19(16)21/h4-8,13,16-18H,9-11H2,1-3H3/b12-4-. The Hall–Kier alpha value is -1.98. The largest absolute Gasteiger partial charge is 0.469 e. The Balaban J connectivity index is 1.80. The van der Waals surface area contributed by atoms with Crippen LogP contribution in [0.2, 0.25) is 0 Å². The van der Waals surface area contributed by atoms with Gasteiger partial charge in [0.2, 0.25) is 0 Å². The van der Waals surface area contributed by atoms with Gasteiger partial charge in [-0.05, 0) is 30.9 Å². The van der Waals surface area contributed by atoms with Crippen molar-refractivity contribution in [2.45, 2.75) is 37.5 Å². The summed E-state index contributed by atoms with van der Waals surface area (Å²) in [7, 11) is 3.28. The van der Waals surface area contributed by atoms with E-state index in [4.69, 9.17) is 14.5 Å². The van der Waals surface area contributed by atoms with Crippen LogP contribution in [0.15, 0.2) is 40.9 Å². The van der Waals surface area contributed by atoms with Crippen LogP contribution in [0.5, 0.6) is 0 Å². The maximum atomic E-state index is 13.1. The van der Waals surface area contributed by atoms with E-state index in [0.717, 1.165) is 30.8 Å². The van der Waals surface area contributed by atoms with E-state index < -0.39 is 5.41 Å². The number of benzene rings is 1. The Kier molecular flexibility index (Phi) is 3.43. The first-order chi connectivity index (χ1) is 12.7. The predicted molar refractivity (Wildman–Crippen MR) is 98.5 cm³/mol. The van der Waals surface area contributed by atoms with Crippen molar-refractivity contribution in [3.05, 3.63) is 41.5 Å². The van der Waals surface area contributed by atoms with Crippen molar-refractivity contribution in [2.75, 3.05) is 20.8 Å². The second kappa shape index (κ2) is 5.51. The summed E-state index contributed by atoms with van der Waals surface area (Å²) in [6.45, 7) is 2.91. The van der Waals surface area contributed by atoms with Crippen LogP contribution in [0.1, 0.15) is 25.3 Å². The van der Waals surface area contributed by atoms with Gasteiger partial charge in [0.05, 0.1) is 30.2 Å². The lowest BCUT2D eigenvalue weighted by Gasteiger charge is -2.61. The molecule has 5 heteroatoms. The Morgan fingerprint density at radius 2 is 2.15 bits per heavy atom. The molecule has 3 aliphatic heterocycles. The van der Waals surface area contributed by atoms with E-state index in [9.17, 15) is 4.79 Å². The van der Waals surface area contributed by atoms with Gasteiger partial charge in [0.1, 0.15) is 6.23 Å². The van der Waals surface area contributed by atoms with Gasteiger partial charge in [0.25, 0.3) is 0 Å². The minimum absolute atomic E-state index is 0.0199. The molecule has 1 saturated carbocycles. The average Bonchev–Trinajstić information content (AvgIpc) is 3.02. The summed E-state index contributed by atoms with van der Waals surface area (Å²) < 4.78 is 11.3. The van der Waals surface area contributed by atoms with Crippen molar-refractivity contribution < 1.29 is 14.3 Å². The third kappa shape index (κ3) is 1.78. The number of aliphatic imine (C=N–C) groups is 1. The van der Waals surface area contributed by atoms with Crippen LogP contribution in [-0.4, -0.2) is 49.6 Å². The molecule has 5 nitrogen and oxygen atoms in total. The monoisotopic (exact) mass is 352 g/mol. The number of nitrogens with zero attached hydrogens (tertiary/aromatic N) is 2. The van der Waals surface area contributed by atoms with E-state index in [0.29, 0.717) is 0 Å². The molecule has 0 amide bonds. The van der Waals surface area contributed by atoms with Gasteiger partial charge in [-0.1, -0.05) is 29.8 Å². The molecule has 3 fully saturated rings. The van der Waals surface area contributed by atoms with Gasteiger partial charge < -0.3 is 9.47 Å². The van der Waals surface area contributed by atoms with E-state index in [2.05, 4.69) is 36.1 Å². The summed E-state index contributed by atoms with van der Waals surface area (Å²) in [6.07, 6.45) is 3.82. The molecule has 136 valence electrons. The molecule has 4 aliphatic rings. The molecule has 0 radical (unpaired) electrons. The summed E-state index contributed by atoms with van der Waals surface area (Å²) in [6, 6.07) is 8.51. The van der Waals surface area contributed by atoms with Crippen molar-refractivity contribution in [3.63, 3.8) is 0 Å². The Morgan fingerprint density at radius 3 is 2.88 bits per heavy atom. The zero-order chi connectivity index (χ0) is 18.1. The molecule has 1 aromatic carbocycles. The molecule has 5 atom stereocenters. The SMILES string of the molecule is C/C=C1/CN2C(OC)CC34C(=Nc5ccccc53)C2CC1C4C(=O)OC. The summed E-state index contributed by atoms with van der Waals surface area (Å²) in [4.78, 5) is 20.6. The van der Waals surface area contributed by atoms with Gasteiger partial charge in [-0.2, -0.15) is 0 Å². The zero-order valence-electron chi connectivity index (χ0n) is 15.4. The number of ether oxygens (including phenoxy) is 2. The van der Waals surface area contributed by atoms with Crippen LogP contribution in [0.25, 0.3) is 0 Å². The number of rotatable bonds is 2. The second-order valence-electron chi connectivity index (χ2n) is 7.77. The van der Waals surface area contributed by atoms with Crippen molar-refractivity contribution in [3.8, 4) is 0 Å². The molecule has 1 aromatic rings. The number of fused-ring (bicyclic) bond motifs is 2. The molecule has 5 unspecified atom stereocenters. The predicted octanol–water partition coefficient (Wildman–Crippen LogP) is 2.83. The van der Waals surface area contributed by atoms with E-state index in [1.807, 2.05) is 6.07 Å². The number of para-hydroxylation sites is 1. The number of allylic oxidation sites excluding steroid dienone is 1.